The zero-order valence-electron chi connectivity index (χ0n) is 17.0. The molecule has 154 valence electrons. The quantitative estimate of drug-likeness (QED) is 0.657. The van der Waals surface area contributed by atoms with Gasteiger partial charge in [0.1, 0.15) is 6.04 Å². The summed E-state index contributed by atoms with van der Waals surface area (Å²) in [6.45, 7) is 2.65. The molecule has 2 aromatic carbocycles. The van der Waals surface area contributed by atoms with Crippen molar-refractivity contribution in [3.05, 3.63) is 71.8 Å². The Morgan fingerprint density at radius 3 is 2.28 bits per heavy atom. The number of amides is 1. The summed E-state index contributed by atoms with van der Waals surface area (Å²) >= 11 is 0. The number of benzene rings is 2. The molecule has 0 saturated heterocycles. The monoisotopic (exact) mass is 394 g/mol. The first-order chi connectivity index (χ1) is 14.2. The second-order valence-electron chi connectivity index (χ2n) is 7.50. The van der Waals surface area contributed by atoms with E-state index >= 15 is 0 Å². The molecule has 1 amide bonds. The Hall–Kier alpha value is -2.66. The van der Waals surface area contributed by atoms with Crippen LogP contribution in [0.3, 0.4) is 0 Å². The normalized spacial score (nSPS) is 15.2. The third-order valence-corrected chi connectivity index (χ3v) is 5.30. The Morgan fingerprint density at radius 1 is 1.03 bits per heavy atom. The summed E-state index contributed by atoms with van der Waals surface area (Å²) in [4.78, 5) is 27.6. The van der Waals surface area contributed by atoms with Crippen molar-refractivity contribution in [1.29, 1.82) is 0 Å². The van der Waals surface area contributed by atoms with Crippen molar-refractivity contribution >= 4 is 11.9 Å². The predicted molar refractivity (Wildman–Crippen MR) is 113 cm³/mol. The molecule has 5 nitrogen and oxygen atoms in total. The smallest absolute Gasteiger partial charge is 0.320 e. The van der Waals surface area contributed by atoms with E-state index in [4.69, 9.17) is 4.74 Å². The molecule has 1 aliphatic rings. The maximum Gasteiger partial charge on any atom is 0.320 e. The molecule has 2 aromatic rings. The number of hydrogen-bond donors (Lipinski definition) is 1. The molecule has 0 aliphatic heterocycles. The number of carbonyl (C=O) groups is 2. The molecule has 1 saturated carbocycles. The number of ether oxygens (including phenoxy) is 1. The van der Waals surface area contributed by atoms with Gasteiger partial charge >= 0.3 is 5.97 Å². The average Bonchev–Trinajstić information content (AvgIpc) is 3.23. The van der Waals surface area contributed by atoms with Crippen molar-refractivity contribution in [1.82, 2.24) is 10.2 Å². The van der Waals surface area contributed by atoms with Gasteiger partial charge in [-0.15, -0.1) is 0 Å². The zero-order valence-corrected chi connectivity index (χ0v) is 17.0. The van der Waals surface area contributed by atoms with Gasteiger partial charge in [0.15, 0.2) is 0 Å². The SMILES string of the molecule is CCOC(=O)CN(Cc1ccccc1)C(C(=O)NC1CCCC1)c1ccccc1. The van der Waals surface area contributed by atoms with E-state index in [0.717, 1.165) is 36.8 Å². The van der Waals surface area contributed by atoms with Crippen molar-refractivity contribution in [3.8, 4) is 0 Å². The van der Waals surface area contributed by atoms with Gasteiger partial charge < -0.3 is 10.1 Å². The van der Waals surface area contributed by atoms with E-state index < -0.39 is 6.04 Å². The minimum absolute atomic E-state index is 0.0525. The van der Waals surface area contributed by atoms with Gasteiger partial charge in [-0.1, -0.05) is 73.5 Å². The van der Waals surface area contributed by atoms with Crippen LogP contribution in [0, 0.1) is 0 Å². The first-order valence-corrected chi connectivity index (χ1v) is 10.5. The summed E-state index contributed by atoms with van der Waals surface area (Å²) in [5.41, 5.74) is 1.93. The van der Waals surface area contributed by atoms with Crippen LogP contribution in [-0.2, 0) is 20.9 Å². The molecule has 1 fully saturated rings. The molecule has 0 radical (unpaired) electrons. The van der Waals surface area contributed by atoms with Crippen LogP contribution in [0.25, 0.3) is 0 Å². The summed E-state index contributed by atoms with van der Waals surface area (Å²) in [5, 5.41) is 3.22. The first-order valence-electron chi connectivity index (χ1n) is 10.5. The molecular formula is C24H30N2O3. The van der Waals surface area contributed by atoms with Crippen LogP contribution in [0.2, 0.25) is 0 Å². The van der Waals surface area contributed by atoms with Gasteiger partial charge in [0, 0.05) is 12.6 Å². The van der Waals surface area contributed by atoms with Crippen molar-refractivity contribution in [2.45, 2.75) is 51.2 Å². The standard InChI is InChI=1S/C24H30N2O3/c1-2-29-22(27)18-26(17-19-11-5-3-6-12-19)23(20-13-7-4-8-14-20)24(28)25-21-15-9-10-16-21/h3-8,11-14,21,23H,2,9-10,15-18H2,1H3,(H,25,28). The van der Waals surface area contributed by atoms with Gasteiger partial charge in [-0.05, 0) is 30.9 Å². The van der Waals surface area contributed by atoms with Gasteiger partial charge in [0.05, 0.1) is 13.2 Å². The molecule has 1 atom stereocenters. The molecule has 0 bridgehead atoms. The molecule has 1 aliphatic carbocycles. The largest absolute Gasteiger partial charge is 0.465 e. The number of hydrogen-bond acceptors (Lipinski definition) is 4. The molecule has 0 aromatic heterocycles. The van der Waals surface area contributed by atoms with Crippen LogP contribution < -0.4 is 5.32 Å². The topological polar surface area (TPSA) is 58.6 Å². The van der Waals surface area contributed by atoms with Crippen molar-refractivity contribution in [2.24, 2.45) is 0 Å². The molecule has 29 heavy (non-hydrogen) atoms. The van der Waals surface area contributed by atoms with Gasteiger partial charge in [-0.25, -0.2) is 0 Å². The second kappa shape index (κ2) is 10.8. The van der Waals surface area contributed by atoms with E-state index in [9.17, 15) is 9.59 Å². The lowest BCUT2D eigenvalue weighted by Crippen LogP contribution is -2.45. The maximum absolute atomic E-state index is 13.4. The fraction of sp³-hybridized carbons (Fsp3) is 0.417. The summed E-state index contributed by atoms with van der Waals surface area (Å²) < 4.78 is 5.20. The number of esters is 1. The first kappa shape index (κ1) is 21.1. The summed E-state index contributed by atoms with van der Waals surface area (Å²) in [6.07, 6.45) is 4.34. The highest BCUT2D eigenvalue weighted by Crippen LogP contribution is 2.25. The Bertz CT molecular complexity index is 773. The van der Waals surface area contributed by atoms with Crippen molar-refractivity contribution in [2.75, 3.05) is 13.2 Å². The summed E-state index contributed by atoms with van der Waals surface area (Å²) in [5.74, 6) is -0.374. The van der Waals surface area contributed by atoms with E-state index in [0.29, 0.717) is 13.2 Å². The van der Waals surface area contributed by atoms with Crippen LogP contribution in [-0.4, -0.2) is 36.0 Å². The van der Waals surface area contributed by atoms with E-state index in [1.165, 1.54) is 0 Å². The number of nitrogens with one attached hydrogen (secondary N) is 1. The Kier molecular flexibility index (Phi) is 7.82. The van der Waals surface area contributed by atoms with Crippen LogP contribution >= 0.6 is 0 Å². The molecule has 1 N–H and O–H groups in total. The highest BCUT2D eigenvalue weighted by Gasteiger charge is 2.31. The lowest BCUT2D eigenvalue weighted by molar-refractivity contribution is -0.146. The molecule has 1 unspecified atom stereocenters. The lowest BCUT2D eigenvalue weighted by Gasteiger charge is -2.31. The number of nitrogens with zero attached hydrogens (tertiary/aromatic N) is 1. The van der Waals surface area contributed by atoms with Crippen LogP contribution in [0.1, 0.15) is 49.8 Å². The summed E-state index contributed by atoms with van der Waals surface area (Å²) in [7, 11) is 0. The van der Waals surface area contributed by atoms with Gasteiger partial charge in [0.25, 0.3) is 0 Å². The Balaban J connectivity index is 1.89. The molecule has 5 heteroatoms. The molecular weight excluding hydrogens is 364 g/mol. The van der Waals surface area contributed by atoms with Crippen molar-refractivity contribution in [3.63, 3.8) is 0 Å². The van der Waals surface area contributed by atoms with Gasteiger partial charge in [0.2, 0.25) is 5.91 Å². The third kappa shape index (κ3) is 6.16. The van der Waals surface area contributed by atoms with Crippen LogP contribution in [0.15, 0.2) is 60.7 Å². The highest BCUT2D eigenvalue weighted by atomic mass is 16.5. The van der Waals surface area contributed by atoms with E-state index in [2.05, 4.69) is 5.32 Å². The predicted octanol–water partition coefficient (Wildman–Crippen LogP) is 3.85. The average molecular weight is 395 g/mol. The van der Waals surface area contributed by atoms with E-state index in [1.54, 1.807) is 6.92 Å². The lowest BCUT2D eigenvalue weighted by atomic mass is 10.0. The minimum Gasteiger partial charge on any atom is -0.465 e. The minimum atomic E-state index is -0.554. The highest BCUT2D eigenvalue weighted by molar-refractivity contribution is 5.84. The fourth-order valence-corrected chi connectivity index (χ4v) is 3.94. The Morgan fingerprint density at radius 2 is 1.66 bits per heavy atom. The van der Waals surface area contributed by atoms with Gasteiger partial charge in [-0.3, -0.25) is 14.5 Å². The van der Waals surface area contributed by atoms with E-state index in [-0.39, 0.29) is 24.5 Å². The van der Waals surface area contributed by atoms with Crippen molar-refractivity contribution < 1.29 is 14.3 Å². The summed E-state index contributed by atoms with van der Waals surface area (Å²) in [6, 6.07) is 19.3. The third-order valence-electron chi connectivity index (χ3n) is 5.30. The van der Waals surface area contributed by atoms with Gasteiger partial charge in [-0.2, -0.15) is 0 Å². The number of rotatable bonds is 9. The second-order valence-corrected chi connectivity index (χ2v) is 7.50. The molecule has 3 rings (SSSR count). The van der Waals surface area contributed by atoms with E-state index in [1.807, 2.05) is 65.6 Å². The van der Waals surface area contributed by atoms with Crippen LogP contribution in [0.5, 0.6) is 0 Å². The van der Waals surface area contributed by atoms with Crippen LogP contribution in [0.4, 0.5) is 0 Å². The zero-order chi connectivity index (χ0) is 20.5. The maximum atomic E-state index is 13.4. The molecule has 0 heterocycles. The number of carbonyl (C=O) groups excluding carboxylic acids is 2. The fourth-order valence-electron chi connectivity index (χ4n) is 3.94. The Labute approximate surface area is 173 Å². The molecule has 0 spiro atoms.